The fourth-order valence-electron chi connectivity index (χ4n) is 2.46. The van der Waals surface area contributed by atoms with Crippen LogP contribution in [-0.2, 0) is 0 Å². The minimum absolute atomic E-state index is 0. The van der Waals surface area contributed by atoms with Crippen molar-refractivity contribution in [2.45, 2.75) is 39.8 Å². The van der Waals surface area contributed by atoms with Gasteiger partial charge in [0, 0.05) is 30.7 Å². The molecule has 1 saturated heterocycles. The number of halogens is 1. The summed E-state index contributed by atoms with van der Waals surface area (Å²) in [5.74, 6) is 0.164. The molecule has 2 unspecified atom stereocenters. The van der Waals surface area contributed by atoms with Crippen LogP contribution in [0.15, 0.2) is 18.2 Å². The van der Waals surface area contributed by atoms with Crippen LogP contribution in [0.4, 0.5) is 0 Å². The van der Waals surface area contributed by atoms with E-state index < -0.39 is 0 Å². The van der Waals surface area contributed by atoms with Gasteiger partial charge < -0.3 is 10.2 Å². The maximum Gasteiger partial charge on any atom is 0.254 e. The zero-order valence-electron chi connectivity index (χ0n) is 12.1. The second-order valence-corrected chi connectivity index (χ2v) is 5.30. The first-order valence-corrected chi connectivity index (χ1v) is 6.62. The summed E-state index contributed by atoms with van der Waals surface area (Å²) in [6.07, 6.45) is 0. The summed E-state index contributed by atoms with van der Waals surface area (Å²) in [7, 11) is 0. The summed E-state index contributed by atoms with van der Waals surface area (Å²) >= 11 is 0. The highest BCUT2D eigenvalue weighted by atomic mass is 35.5. The van der Waals surface area contributed by atoms with E-state index in [1.165, 1.54) is 0 Å². The molecule has 1 heterocycles. The van der Waals surface area contributed by atoms with Crippen molar-refractivity contribution in [1.82, 2.24) is 10.2 Å². The highest BCUT2D eigenvalue weighted by Gasteiger charge is 2.29. The normalized spacial score (nSPS) is 22.8. The molecule has 0 radical (unpaired) electrons. The quantitative estimate of drug-likeness (QED) is 0.859. The number of nitrogens with one attached hydrogen (secondary N) is 1. The highest BCUT2D eigenvalue weighted by Crippen LogP contribution is 2.17. The largest absolute Gasteiger partial charge is 0.333 e. The van der Waals surface area contributed by atoms with Gasteiger partial charge in [-0.2, -0.15) is 0 Å². The number of amides is 1. The third kappa shape index (κ3) is 3.28. The molecule has 1 aliphatic rings. The Labute approximate surface area is 121 Å². The standard InChI is InChI=1S/C15H22N2O.ClH/c1-10-5-6-11(2)14(9-10)15(18)17-8-7-16-12(3)13(17)4;/h5-6,9,12-13,16H,7-8H2,1-4H3;1H. The molecule has 1 aromatic rings. The molecule has 0 aromatic heterocycles. The molecule has 1 aliphatic heterocycles. The number of carbonyl (C=O) groups is 1. The highest BCUT2D eigenvalue weighted by molar-refractivity contribution is 5.96. The van der Waals surface area contributed by atoms with Gasteiger partial charge in [0.05, 0.1) is 0 Å². The number of rotatable bonds is 1. The lowest BCUT2D eigenvalue weighted by atomic mass is 10.0. The van der Waals surface area contributed by atoms with Crippen LogP contribution in [-0.4, -0.2) is 36.0 Å². The van der Waals surface area contributed by atoms with Crippen LogP contribution in [0.5, 0.6) is 0 Å². The molecular formula is C15H23ClN2O. The topological polar surface area (TPSA) is 32.3 Å². The second-order valence-electron chi connectivity index (χ2n) is 5.30. The summed E-state index contributed by atoms with van der Waals surface area (Å²) in [6, 6.07) is 6.67. The second kappa shape index (κ2) is 6.40. The molecule has 2 atom stereocenters. The van der Waals surface area contributed by atoms with Crippen LogP contribution in [0, 0.1) is 13.8 Å². The van der Waals surface area contributed by atoms with Gasteiger partial charge in [-0.3, -0.25) is 4.79 Å². The number of benzene rings is 1. The molecule has 1 amide bonds. The van der Waals surface area contributed by atoms with E-state index >= 15 is 0 Å². The van der Waals surface area contributed by atoms with Crippen molar-refractivity contribution < 1.29 is 4.79 Å². The van der Waals surface area contributed by atoms with E-state index in [4.69, 9.17) is 0 Å². The van der Waals surface area contributed by atoms with Crippen LogP contribution in [0.3, 0.4) is 0 Å². The summed E-state index contributed by atoms with van der Waals surface area (Å²) in [4.78, 5) is 14.6. The maximum absolute atomic E-state index is 12.6. The Morgan fingerprint density at radius 1 is 1.32 bits per heavy atom. The Balaban J connectivity index is 0.00000180. The van der Waals surface area contributed by atoms with Crippen molar-refractivity contribution in [2.24, 2.45) is 0 Å². The monoisotopic (exact) mass is 282 g/mol. The van der Waals surface area contributed by atoms with Gasteiger partial charge in [-0.1, -0.05) is 17.7 Å². The van der Waals surface area contributed by atoms with E-state index in [-0.39, 0.29) is 24.4 Å². The first kappa shape index (κ1) is 16.0. The molecule has 3 nitrogen and oxygen atoms in total. The van der Waals surface area contributed by atoms with Crippen LogP contribution >= 0.6 is 12.4 Å². The number of carbonyl (C=O) groups excluding carboxylic acids is 1. The van der Waals surface area contributed by atoms with E-state index in [0.29, 0.717) is 6.04 Å². The molecule has 106 valence electrons. The van der Waals surface area contributed by atoms with Gasteiger partial charge in [0.15, 0.2) is 0 Å². The molecule has 0 bridgehead atoms. The smallest absolute Gasteiger partial charge is 0.254 e. The molecule has 1 N–H and O–H groups in total. The van der Waals surface area contributed by atoms with Crippen molar-refractivity contribution >= 4 is 18.3 Å². The maximum atomic E-state index is 12.6. The minimum Gasteiger partial charge on any atom is -0.333 e. The average molecular weight is 283 g/mol. The number of piperazine rings is 1. The zero-order valence-corrected chi connectivity index (χ0v) is 12.9. The van der Waals surface area contributed by atoms with Crippen LogP contribution in [0.2, 0.25) is 0 Å². The summed E-state index contributed by atoms with van der Waals surface area (Å²) in [5.41, 5.74) is 3.04. The molecule has 0 aliphatic carbocycles. The van der Waals surface area contributed by atoms with E-state index in [1.54, 1.807) is 0 Å². The average Bonchev–Trinajstić information content (AvgIpc) is 2.35. The lowest BCUT2D eigenvalue weighted by Gasteiger charge is -2.39. The zero-order chi connectivity index (χ0) is 13.3. The minimum atomic E-state index is 0. The van der Waals surface area contributed by atoms with Crippen molar-refractivity contribution in [2.75, 3.05) is 13.1 Å². The number of hydrogen-bond acceptors (Lipinski definition) is 2. The molecule has 0 spiro atoms. The molecular weight excluding hydrogens is 260 g/mol. The van der Waals surface area contributed by atoms with Crippen molar-refractivity contribution in [3.8, 4) is 0 Å². The number of nitrogens with zero attached hydrogens (tertiary/aromatic N) is 1. The molecule has 2 rings (SSSR count). The Bertz CT molecular complexity index is 461. The summed E-state index contributed by atoms with van der Waals surface area (Å²) < 4.78 is 0. The SMILES string of the molecule is Cc1ccc(C)c(C(=O)N2CCNC(C)C2C)c1.Cl. The molecule has 4 heteroatoms. The first-order chi connectivity index (χ1) is 8.50. The van der Waals surface area contributed by atoms with E-state index in [2.05, 4.69) is 25.2 Å². The predicted octanol–water partition coefficient (Wildman–Crippen LogP) is 2.55. The van der Waals surface area contributed by atoms with Crippen LogP contribution < -0.4 is 5.32 Å². The van der Waals surface area contributed by atoms with Gasteiger partial charge in [-0.25, -0.2) is 0 Å². The molecule has 0 saturated carbocycles. The summed E-state index contributed by atoms with van der Waals surface area (Å²) in [6.45, 7) is 9.94. The lowest BCUT2D eigenvalue weighted by molar-refractivity contribution is 0.0602. The van der Waals surface area contributed by atoms with E-state index in [0.717, 1.165) is 29.8 Å². The van der Waals surface area contributed by atoms with Crippen LogP contribution in [0.1, 0.15) is 35.3 Å². The van der Waals surface area contributed by atoms with Crippen molar-refractivity contribution in [3.05, 3.63) is 34.9 Å². The van der Waals surface area contributed by atoms with Gasteiger partial charge in [-0.15, -0.1) is 12.4 Å². The Kier molecular flexibility index (Phi) is 5.39. The van der Waals surface area contributed by atoms with E-state index in [1.807, 2.05) is 30.9 Å². The van der Waals surface area contributed by atoms with Crippen molar-refractivity contribution in [1.29, 1.82) is 0 Å². The Hall–Kier alpha value is -1.06. The summed E-state index contributed by atoms with van der Waals surface area (Å²) in [5, 5.41) is 3.40. The Morgan fingerprint density at radius 2 is 2.00 bits per heavy atom. The van der Waals surface area contributed by atoms with Gasteiger partial charge in [0.2, 0.25) is 0 Å². The third-order valence-electron chi connectivity index (χ3n) is 3.92. The third-order valence-corrected chi connectivity index (χ3v) is 3.92. The fourth-order valence-corrected chi connectivity index (χ4v) is 2.46. The molecule has 19 heavy (non-hydrogen) atoms. The number of hydrogen-bond donors (Lipinski definition) is 1. The van der Waals surface area contributed by atoms with E-state index in [9.17, 15) is 4.79 Å². The van der Waals surface area contributed by atoms with Gasteiger partial charge in [0.1, 0.15) is 0 Å². The van der Waals surface area contributed by atoms with Crippen LogP contribution in [0.25, 0.3) is 0 Å². The van der Waals surface area contributed by atoms with Crippen molar-refractivity contribution in [3.63, 3.8) is 0 Å². The fraction of sp³-hybridized carbons (Fsp3) is 0.533. The van der Waals surface area contributed by atoms with Gasteiger partial charge in [0.25, 0.3) is 5.91 Å². The van der Waals surface area contributed by atoms with Gasteiger partial charge in [-0.05, 0) is 39.3 Å². The molecule has 1 fully saturated rings. The molecule has 1 aromatic carbocycles. The first-order valence-electron chi connectivity index (χ1n) is 6.62. The predicted molar refractivity (Wildman–Crippen MR) is 81.1 cm³/mol. The number of aryl methyl sites for hydroxylation is 2. The Morgan fingerprint density at radius 3 is 2.68 bits per heavy atom. The van der Waals surface area contributed by atoms with Gasteiger partial charge >= 0.3 is 0 Å². The lowest BCUT2D eigenvalue weighted by Crippen LogP contribution is -2.57.